The van der Waals surface area contributed by atoms with E-state index in [4.69, 9.17) is 10.6 Å². The molecule has 0 aliphatic heterocycles. The van der Waals surface area contributed by atoms with Gasteiger partial charge in [-0.1, -0.05) is 12.1 Å². The molecule has 0 aliphatic carbocycles. The molecule has 1 aromatic rings. The highest BCUT2D eigenvalue weighted by Crippen LogP contribution is 2.18. The van der Waals surface area contributed by atoms with Crippen molar-refractivity contribution in [2.45, 2.75) is 13.8 Å². The van der Waals surface area contributed by atoms with Gasteiger partial charge >= 0.3 is 0 Å². The number of rotatable bonds is 3. The molecule has 0 saturated carbocycles. The standard InChI is InChI=1S/C11H16N2O2/c1-8-4-5-9(2)10(6-8)15-7-11(14)13(3)12/h4-6H,7,12H2,1-3H3. The number of benzene rings is 1. The van der Waals surface area contributed by atoms with E-state index in [1.807, 2.05) is 32.0 Å². The van der Waals surface area contributed by atoms with Gasteiger partial charge in [-0.2, -0.15) is 0 Å². The Morgan fingerprint density at radius 1 is 1.47 bits per heavy atom. The highest BCUT2D eigenvalue weighted by Gasteiger charge is 2.06. The van der Waals surface area contributed by atoms with Gasteiger partial charge in [-0.05, 0) is 31.0 Å². The van der Waals surface area contributed by atoms with E-state index in [0.717, 1.165) is 21.9 Å². The van der Waals surface area contributed by atoms with E-state index >= 15 is 0 Å². The average molecular weight is 208 g/mol. The molecule has 2 N–H and O–H groups in total. The third-order valence-corrected chi connectivity index (χ3v) is 2.09. The Kier molecular flexibility index (Phi) is 3.68. The number of nitrogens with zero attached hydrogens (tertiary/aromatic N) is 1. The molecule has 1 rings (SSSR count). The molecule has 4 nitrogen and oxygen atoms in total. The normalized spacial score (nSPS) is 9.87. The summed E-state index contributed by atoms with van der Waals surface area (Å²) in [5, 5.41) is 1.02. The topological polar surface area (TPSA) is 55.6 Å². The van der Waals surface area contributed by atoms with Crippen molar-refractivity contribution in [2.75, 3.05) is 13.7 Å². The summed E-state index contributed by atoms with van der Waals surface area (Å²) in [7, 11) is 1.49. The van der Waals surface area contributed by atoms with Crippen LogP contribution in [0.4, 0.5) is 0 Å². The second-order valence-corrected chi connectivity index (χ2v) is 3.56. The lowest BCUT2D eigenvalue weighted by Gasteiger charge is -2.12. The number of hydrogen-bond acceptors (Lipinski definition) is 3. The Labute approximate surface area is 89.6 Å². The minimum absolute atomic E-state index is 0.0305. The quantitative estimate of drug-likeness (QED) is 0.458. The monoisotopic (exact) mass is 208 g/mol. The molecule has 0 radical (unpaired) electrons. The number of likely N-dealkylation sites (N-methyl/N-ethyl adjacent to an activating group) is 1. The molecule has 0 saturated heterocycles. The lowest BCUT2D eigenvalue weighted by Crippen LogP contribution is -2.36. The molecule has 0 aromatic heterocycles. The predicted octanol–water partition coefficient (Wildman–Crippen LogP) is 1.01. The van der Waals surface area contributed by atoms with Gasteiger partial charge in [0.25, 0.3) is 5.91 Å². The van der Waals surface area contributed by atoms with Crippen molar-refractivity contribution in [1.82, 2.24) is 5.01 Å². The van der Waals surface area contributed by atoms with E-state index in [1.54, 1.807) is 0 Å². The molecule has 4 heteroatoms. The van der Waals surface area contributed by atoms with Gasteiger partial charge in [-0.15, -0.1) is 0 Å². The summed E-state index contributed by atoms with van der Waals surface area (Å²) in [5.41, 5.74) is 2.11. The molecule has 0 unspecified atom stereocenters. The van der Waals surface area contributed by atoms with Crippen LogP contribution < -0.4 is 10.6 Å². The van der Waals surface area contributed by atoms with Crippen molar-refractivity contribution in [1.29, 1.82) is 0 Å². The van der Waals surface area contributed by atoms with E-state index in [1.165, 1.54) is 7.05 Å². The minimum atomic E-state index is -0.254. The molecule has 0 heterocycles. The van der Waals surface area contributed by atoms with Crippen LogP contribution in [0, 0.1) is 13.8 Å². The first-order valence-corrected chi connectivity index (χ1v) is 4.72. The van der Waals surface area contributed by atoms with Crippen LogP contribution >= 0.6 is 0 Å². The summed E-state index contributed by atoms with van der Waals surface area (Å²) in [5.74, 6) is 5.75. The number of amides is 1. The molecule has 0 fully saturated rings. The number of hydrazine groups is 1. The van der Waals surface area contributed by atoms with E-state index in [-0.39, 0.29) is 12.5 Å². The molecule has 82 valence electrons. The lowest BCUT2D eigenvalue weighted by atomic mass is 10.1. The van der Waals surface area contributed by atoms with Gasteiger partial charge < -0.3 is 4.74 Å². The molecule has 15 heavy (non-hydrogen) atoms. The fraction of sp³-hybridized carbons (Fsp3) is 0.364. The van der Waals surface area contributed by atoms with Crippen LogP contribution in [0.15, 0.2) is 18.2 Å². The molecule has 1 amide bonds. The van der Waals surface area contributed by atoms with Crippen LogP contribution in [0.25, 0.3) is 0 Å². The maximum absolute atomic E-state index is 11.2. The largest absolute Gasteiger partial charge is 0.483 e. The number of ether oxygens (including phenoxy) is 1. The molecule has 0 aliphatic rings. The zero-order chi connectivity index (χ0) is 11.4. The van der Waals surface area contributed by atoms with Gasteiger partial charge in [-0.25, -0.2) is 5.84 Å². The van der Waals surface area contributed by atoms with E-state index in [9.17, 15) is 4.79 Å². The third-order valence-electron chi connectivity index (χ3n) is 2.09. The molecule has 0 atom stereocenters. The fourth-order valence-corrected chi connectivity index (χ4v) is 1.10. The fourth-order valence-electron chi connectivity index (χ4n) is 1.10. The van der Waals surface area contributed by atoms with E-state index < -0.39 is 0 Å². The number of carbonyl (C=O) groups is 1. The van der Waals surface area contributed by atoms with Crippen molar-refractivity contribution in [3.8, 4) is 5.75 Å². The summed E-state index contributed by atoms with van der Waals surface area (Å²) in [4.78, 5) is 11.2. The molecule has 0 spiro atoms. The van der Waals surface area contributed by atoms with Crippen molar-refractivity contribution >= 4 is 5.91 Å². The summed E-state index contributed by atoms with van der Waals surface area (Å²) in [6.07, 6.45) is 0. The zero-order valence-electron chi connectivity index (χ0n) is 9.28. The number of hydrogen-bond donors (Lipinski definition) is 1. The molecule has 0 bridgehead atoms. The highest BCUT2D eigenvalue weighted by atomic mass is 16.5. The zero-order valence-corrected chi connectivity index (χ0v) is 9.28. The lowest BCUT2D eigenvalue weighted by molar-refractivity contribution is -0.132. The van der Waals surface area contributed by atoms with Crippen LogP contribution in [0.2, 0.25) is 0 Å². The Morgan fingerprint density at radius 3 is 2.73 bits per heavy atom. The SMILES string of the molecule is Cc1ccc(C)c(OCC(=O)N(C)N)c1. The molecular formula is C11H16N2O2. The second-order valence-electron chi connectivity index (χ2n) is 3.56. The molecule has 1 aromatic carbocycles. The Hall–Kier alpha value is -1.55. The number of carbonyl (C=O) groups excluding carboxylic acids is 1. The van der Waals surface area contributed by atoms with Gasteiger partial charge in [0.1, 0.15) is 5.75 Å². The Morgan fingerprint density at radius 2 is 2.13 bits per heavy atom. The first kappa shape index (κ1) is 11.5. The van der Waals surface area contributed by atoms with Crippen LogP contribution in [-0.2, 0) is 4.79 Å². The van der Waals surface area contributed by atoms with Crippen LogP contribution in [-0.4, -0.2) is 24.6 Å². The first-order valence-electron chi connectivity index (χ1n) is 4.72. The minimum Gasteiger partial charge on any atom is -0.483 e. The summed E-state index contributed by atoms with van der Waals surface area (Å²) >= 11 is 0. The van der Waals surface area contributed by atoms with Gasteiger partial charge in [0.2, 0.25) is 0 Å². The van der Waals surface area contributed by atoms with Crippen molar-refractivity contribution < 1.29 is 9.53 Å². The second kappa shape index (κ2) is 4.79. The number of aryl methyl sites for hydroxylation is 2. The summed E-state index contributed by atoms with van der Waals surface area (Å²) in [6, 6.07) is 5.86. The van der Waals surface area contributed by atoms with Crippen LogP contribution in [0.3, 0.4) is 0 Å². The maximum Gasteiger partial charge on any atom is 0.274 e. The predicted molar refractivity (Wildman–Crippen MR) is 58.4 cm³/mol. The Bertz CT molecular complexity index is 362. The van der Waals surface area contributed by atoms with Gasteiger partial charge in [0, 0.05) is 7.05 Å². The maximum atomic E-state index is 11.2. The third kappa shape index (κ3) is 3.25. The average Bonchev–Trinajstić information content (AvgIpc) is 2.18. The van der Waals surface area contributed by atoms with E-state index in [0.29, 0.717) is 0 Å². The smallest absolute Gasteiger partial charge is 0.274 e. The summed E-state index contributed by atoms with van der Waals surface area (Å²) in [6.45, 7) is 3.88. The van der Waals surface area contributed by atoms with Crippen LogP contribution in [0.1, 0.15) is 11.1 Å². The highest BCUT2D eigenvalue weighted by molar-refractivity contribution is 5.76. The van der Waals surface area contributed by atoms with Crippen molar-refractivity contribution in [3.05, 3.63) is 29.3 Å². The summed E-state index contributed by atoms with van der Waals surface area (Å²) < 4.78 is 5.37. The van der Waals surface area contributed by atoms with E-state index in [2.05, 4.69) is 0 Å². The van der Waals surface area contributed by atoms with Gasteiger partial charge in [0.05, 0.1) is 0 Å². The number of nitrogens with two attached hydrogens (primary N) is 1. The van der Waals surface area contributed by atoms with Gasteiger partial charge in [-0.3, -0.25) is 9.80 Å². The van der Waals surface area contributed by atoms with Gasteiger partial charge in [0.15, 0.2) is 6.61 Å². The van der Waals surface area contributed by atoms with Crippen LogP contribution in [0.5, 0.6) is 5.75 Å². The Balaban J connectivity index is 2.65. The van der Waals surface area contributed by atoms with Crippen molar-refractivity contribution in [3.63, 3.8) is 0 Å². The first-order chi connectivity index (χ1) is 7.00. The molecular weight excluding hydrogens is 192 g/mol. The van der Waals surface area contributed by atoms with Crippen molar-refractivity contribution in [2.24, 2.45) is 5.84 Å².